The Kier molecular flexibility index (Phi) is 7.70. The molecule has 35 heavy (non-hydrogen) atoms. The van der Waals surface area contributed by atoms with E-state index in [-0.39, 0.29) is 49.9 Å². The first-order chi connectivity index (χ1) is 16.9. The Bertz CT molecular complexity index is 1040. The molecule has 4 rings (SSSR count). The van der Waals surface area contributed by atoms with Gasteiger partial charge in [0.15, 0.2) is 0 Å². The summed E-state index contributed by atoms with van der Waals surface area (Å²) >= 11 is 0. The maximum absolute atomic E-state index is 13.1. The highest BCUT2D eigenvalue weighted by Gasteiger charge is 2.38. The average Bonchev–Trinajstić information content (AvgIpc) is 3.44. The summed E-state index contributed by atoms with van der Waals surface area (Å²) in [5, 5.41) is 11.8. The van der Waals surface area contributed by atoms with Crippen molar-refractivity contribution in [2.24, 2.45) is 5.92 Å². The van der Waals surface area contributed by atoms with Gasteiger partial charge in [-0.25, -0.2) is 4.79 Å². The fourth-order valence-electron chi connectivity index (χ4n) is 4.98. The van der Waals surface area contributed by atoms with Gasteiger partial charge in [-0.15, -0.1) is 0 Å². The predicted octanol–water partition coefficient (Wildman–Crippen LogP) is 3.64. The summed E-state index contributed by atoms with van der Waals surface area (Å²) in [6, 6.07) is 16.2. The maximum atomic E-state index is 13.1. The van der Waals surface area contributed by atoms with Crippen LogP contribution in [0.3, 0.4) is 0 Å². The lowest BCUT2D eigenvalue weighted by Gasteiger charge is -2.30. The van der Waals surface area contributed by atoms with E-state index in [1.807, 2.05) is 38.1 Å². The molecule has 1 aliphatic heterocycles. The van der Waals surface area contributed by atoms with Gasteiger partial charge in [-0.05, 0) is 42.5 Å². The highest BCUT2D eigenvalue weighted by atomic mass is 16.5. The molecular weight excluding hydrogens is 448 g/mol. The number of carbonyl (C=O) groups is 3. The summed E-state index contributed by atoms with van der Waals surface area (Å²) in [6.45, 7) is 4.70. The third kappa shape index (κ3) is 5.48. The van der Waals surface area contributed by atoms with Gasteiger partial charge in [0, 0.05) is 37.6 Å². The van der Waals surface area contributed by atoms with E-state index in [2.05, 4.69) is 29.6 Å². The molecular formula is C27H32N2O6. The van der Waals surface area contributed by atoms with Crippen LogP contribution in [0.4, 0.5) is 4.79 Å². The minimum atomic E-state index is -0.954. The number of carboxylic acid groups (broad SMARTS) is 1. The molecule has 0 saturated carbocycles. The quantitative estimate of drug-likeness (QED) is 0.568. The van der Waals surface area contributed by atoms with Crippen molar-refractivity contribution in [1.29, 1.82) is 0 Å². The molecule has 2 aromatic carbocycles. The van der Waals surface area contributed by atoms with Crippen molar-refractivity contribution in [3.05, 3.63) is 59.7 Å². The Morgan fingerprint density at radius 2 is 1.71 bits per heavy atom. The van der Waals surface area contributed by atoms with E-state index in [0.717, 1.165) is 11.1 Å². The molecule has 1 heterocycles. The number of aliphatic carboxylic acids is 1. The molecule has 2 atom stereocenters. The van der Waals surface area contributed by atoms with Crippen LogP contribution in [0, 0.1) is 5.92 Å². The third-order valence-corrected chi connectivity index (χ3v) is 6.78. The van der Waals surface area contributed by atoms with Crippen LogP contribution >= 0.6 is 0 Å². The molecule has 2 aliphatic rings. The zero-order chi connectivity index (χ0) is 24.9. The first-order valence-electron chi connectivity index (χ1n) is 12.1. The van der Waals surface area contributed by atoms with Gasteiger partial charge in [-0.3, -0.25) is 9.59 Å². The molecule has 1 fully saturated rings. The number of hydrogen-bond acceptors (Lipinski definition) is 5. The van der Waals surface area contributed by atoms with Crippen LogP contribution in [-0.4, -0.2) is 66.4 Å². The number of benzene rings is 2. The first-order valence-corrected chi connectivity index (χ1v) is 12.1. The molecule has 8 nitrogen and oxygen atoms in total. The van der Waals surface area contributed by atoms with E-state index in [9.17, 15) is 14.4 Å². The van der Waals surface area contributed by atoms with Gasteiger partial charge in [0.1, 0.15) is 12.7 Å². The molecule has 2 N–H and O–H groups in total. The topological polar surface area (TPSA) is 105 Å². The van der Waals surface area contributed by atoms with Crippen LogP contribution in [-0.2, 0) is 19.1 Å². The summed E-state index contributed by atoms with van der Waals surface area (Å²) in [5.41, 5.74) is 4.62. The summed E-state index contributed by atoms with van der Waals surface area (Å²) in [4.78, 5) is 38.1. The number of hydrogen-bond donors (Lipinski definition) is 2. The van der Waals surface area contributed by atoms with E-state index in [1.54, 1.807) is 0 Å². The minimum Gasteiger partial charge on any atom is -0.481 e. The van der Waals surface area contributed by atoms with E-state index in [0.29, 0.717) is 13.0 Å². The van der Waals surface area contributed by atoms with Crippen molar-refractivity contribution in [2.75, 3.05) is 26.3 Å². The number of amides is 2. The fraction of sp³-hybridized carbons (Fsp3) is 0.444. The molecule has 0 bridgehead atoms. The lowest BCUT2D eigenvalue weighted by Crippen LogP contribution is -2.47. The van der Waals surface area contributed by atoms with Gasteiger partial charge in [0.2, 0.25) is 0 Å². The van der Waals surface area contributed by atoms with Crippen molar-refractivity contribution >= 4 is 18.0 Å². The van der Waals surface area contributed by atoms with E-state index < -0.39 is 18.2 Å². The third-order valence-electron chi connectivity index (χ3n) is 6.78. The lowest BCUT2D eigenvalue weighted by atomic mass is 9.98. The van der Waals surface area contributed by atoms with Crippen molar-refractivity contribution in [1.82, 2.24) is 10.2 Å². The van der Waals surface area contributed by atoms with E-state index >= 15 is 0 Å². The number of fused-ring (bicyclic) bond motifs is 3. The Labute approximate surface area is 205 Å². The van der Waals surface area contributed by atoms with E-state index in [1.165, 1.54) is 16.0 Å². The SMILES string of the molecule is CC(C)N(CCC(=O)O)C(=O)[C@H]1OCC[C@H]1CNC(=O)OCC1c2ccccc2-c2ccccc21. The van der Waals surface area contributed by atoms with Crippen LogP contribution in [0.2, 0.25) is 0 Å². The van der Waals surface area contributed by atoms with Crippen LogP contribution in [0.1, 0.15) is 43.7 Å². The zero-order valence-electron chi connectivity index (χ0n) is 20.1. The number of nitrogens with zero attached hydrogens (tertiary/aromatic N) is 1. The number of carbonyl (C=O) groups excluding carboxylic acids is 2. The number of carboxylic acids is 1. The zero-order valence-corrected chi connectivity index (χ0v) is 20.1. The summed E-state index contributed by atoms with van der Waals surface area (Å²) in [5.74, 6) is -1.41. The monoisotopic (exact) mass is 480 g/mol. The van der Waals surface area contributed by atoms with Crippen molar-refractivity contribution in [2.45, 2.75) is 44.8 Å². The molecule has 0 radical (unpaired) electrons. The molecule has 1 saturated heterocycles. The summed E-state index contributed by atoms with van der Waals surface area (Å²) in [6.07, 6.45) is -0.735. The molecule has 0 spiro atoms. The second kappa shape index (κ2) is 10.9. The largest absolute Gasteiger partial charge is 0.481 e. The molecule has 0 unspecified atom stereocenters. The molecule has 1 aliphatic carbocycles. The van der Waals surface area contributed by atoms with Crippen LogP contribution in [0.15, 0.2) is 48.5 Å². The molecule has 0 aromatic heterocycles. The second-order valence-corrected chi connectivity index (χ2v) is 9.32. The van der Waals surface area contributed by atoms with Crippen LogP contribution in [0.25, 0.3) is 11.1 Å². The summed E-state index contributed by atoms with van der Waals surface area (Å²) < 4.78 is 11.3. The van der Waals surface area contributed by atoms with Crippen molar-refractivity contribution < 1.29 is 29.0 Å². The Hall–Kier alpha value is -3.39. The van der Waals surface area contributed by atoms with Crippen molar-refractivity contribution in [3.63, 3.8) is 0 Å². The number of rotatable bonds is 9. The van der Waals surface area contributed by atoms with Gasteiger partial charge < -0.3 is 24.8 Å². The Balaban J connectivity index is 1.32. The first kappa shape index (κ1) is 24.7. The van der Waals surface area contributed by atoms with Gasteiger partial charge in [-0.1, -0.05) is 48.5 Å². The van der Waals surface area contributed by atoms with Gasteiger partial charge in [0.25, 0.3) is 5.91 Å². The number of alkyl carbamates (subject to hydrolysis) is 1. The normalized spacial score (nSPS) is 18.7. The minimum absolute atomic E-state index is 0.0221. The Morgan fingerprint density at radius 3 is 2.31 bits per heavy atom. The smallest absolute Gasteiger partial charge is 0.407 e. The molecule has 186 valence electrons. The van der Waals surface area contributed by atoms with Crippen molar-refractivity contribution in [3.8, 4) is 11.1 Å². The maximum Gasteiger partial charge on any atom is 0.407 e. The van der Waals surface area contributed by atoms with Crippen LogP contribution in [0.5, 0.6) is 0 Å². The number of nitrogens with one attached hydrogen (secondary N) is 1. The highest BCUT2D eigenvalue weighted by Crippen LogP contribution is 2.44. The summed E-state index contributed by atoms with van der Waals surface area (Å²) in [7, 11) is 0. The van der Waals surface area contributed by atoms with Gasteiger partial charge in [0.05, 0.1) is 6.42 Å². The average molecular weight is 481 g/mol. The Morgan fingerprint density at radius 1 is 1.09 bits per heavy atom. The fourth-order valence-corrected chi connectivity index (χ4v) is 4.98. The standard InChI is InChI=1S/C27H32N2O6/c1-17(2)29(13-11-24(30)31)26(32)25-18(12-14-34-25)15-28-27(33)35-16-23-21-9-5-3-7-19(21)20-8-4-6-10-22(20)23/h3-10,17-18,23,25H,11-16H2,1-2H3,(H,28,33)(H,30,31)/t18-,25-/m0/s1. The van der Waals surface area contributed by atoms with Gasteiger partial charge >= 0.3 is 12.1 Å². The molecule has 2 aromatic rings. The van der Waals surface area contributed by atoms with Crippen LogP contribution < -0.4 is 5.32 Å². The molecule has 2 amide bonds. The van der Waals surface area contributed by atoms with Gasteiger partial charge in [-0.2, -0.15) is 0 Å². The molecule has 8 heteroatoms. The highest BCUT2D eigenvalue weighted by molar-refractivity contribution is 5.82. The second-order valence-electron chi connectivity index (χ2n) is 9.32. The predicted molar refractivity (Wildman–Crippen MR) is 130 cm³/mol. The lowest BCUT2D eigenvalue weighted by molar-refractivity contribution is -0.146. The number of ether oxygens (including phenoxy) is 2. The van der Waals surface area contributed by atoms with E-state index in [4.69, 9.17) is 14.6 Å².